The van der Waals surface area contributed by atoms with Gasteiger partial charge >= 0.3 is 0 Å². The Morgan fingerprint density at radius 3 is 2.43 bits per heavy atom. The second-order valence-electron chi connectivity index (χ2n) is 4.89. The van der Waals surface area contributed by atoms with Crippen LogP contribution in [0.1, 0.15) is 11.1 Å². The number of rotatable bonds is 4. The Bertz CT molecular complexity index is 746. The van der Waals surface area contributed by atoms with Crippen LogP contribution in [0.4, 0.5) is 5.69 Å². The van der Waals surface area contributed by atoms with Gasteiger partial charge in [-0.3, -0.25) is 0 Å². The van der Waals surface area contributed by atoms with Crippen molar-refractivity contribution < 1.29 is 8.42 Å². The summed E-state index contributed by atoms with van der Waals surface area (Å²) in [4.78, 5) is 0.0331. The van der Waals surface area contributed by atoms with Crippen LogP contribution < -0.4 is 5.73 Å². The van der Waals surface area contributed by atoms with Crippen molar-refractivity contribution in [2.75, 3.05) is 12.8 Å². The smallest absolute Gasteiger partial charge is 0.244 e. The predicted molar refractivity (Wildman–Crippen MR) is 85.7 cm³/mol. The number of anilines is 1. The number of benzene rings is 2. The van der Waals surface area contributed by atoms with Crippen molar-refractivity contribution in [1.82, 2.24) is 4.31 Å². The largest absolute Gasteiger partial charge is 0.398 e. The minimum Gasteiger partial charge on any atom is -0.398 e. The highest BCUT2D eigenvalue weighted by molar-refractivity contribution is 7.89. The Balaban J connectivity index is 2.36. The van der Waals surface area contributed by atoms with Crippen LogP contribution in [-0.2, 0) is 16.6 Å². The van der Waals surface area contributed by atoms with Gasteiger partial charge in [-0.2, -0.15) is 4.31 Å². The Hall–Kier alpha value is -1.56. The zero-order valence-electron chi connectivity index (χ0n) is 11.9. The Morgan fingerprint density at radius 2 is 1.81 bits per heavy atom. The molecule has 0 amide bonds. The number of nitrogens with zero attached hydrogens (tertiary/aromatic N) is 1. The number of hydrogen-bond acceptors (Lipinski definition) is 3. The molecule has 2 aromatic rings. The van der Waals surface area contributed by atoms with Crippen molar-refractivity contribution in [3.05, 3.63) is 58.6 Å². The van der Waals surface area contributed by atoms with E-state index in [0.29, 0.717) is 5.69 Å². The van der Waals surface area contributed by atoms with Gasteiger partial charge in [-0.25, -0.2) is 8.42 Å². The summed E-state index contributed by atoms with van der Waals surface area (Å²) in [6.45, 7) is 2.05. The number of sulfonamides is 1. The Kier molecular flexibility index (Phi) is 4.56. The van der Waals surface area contributed by atoms with Gasteiger partial charge in [0.15, 0.2) is 0 Å². The molecule has 0 saturated heterocycles. The summed E-state index contributed by atoms with van der Waals surface area (Å²) < 4.78 is 26.5. The fraction of sp³-hybridized carbons (Fsp3) is 0.200. The third kappa shape index (κ3) is 3.37. The zero-order valence-corrected chi connectivity index (χ0v) is 13.4. The first-order chi connectivity index (χ1) is 9.82. The number of hydrogen-bond donors (Lipinski definition) is 1. The third-order valence-corrected chi connectivity index (χ3v) is 5.52. The molecule has 0 spiro atoms. The van der Waals surface area contributed by atoms with E-state index >= 15 is 0 Å². The van der Waals surface area contributed by atoms with Gasteiger partial charge in [0.05, 0.1) is 5.02 Å². The average Bonchev–Trinajstić information content (AvgIpc) is 2.43. The monoisotopic (exact) mass is 324 g/mol. The summed E-state index contributed by atoms with van der Waals surface area (Å²) >= 11 is 6.07. The number of nitrogens with two attached hydrogens (primary N) is 1. The molecular formula is C15H17ClN2O2S. The van der Waals surface area contributed by atoms with Gasteiger partial charge < -0.3 is 5.73 Å². The molecule has 0 radical (unpaired) electrons. The molecule has 0 heterocycles. The second kappa shape index (κ2) is 6.05. The lowest BCUT2D eigenvalue weighted by atomic mass is 10.2. The summed E-state index contributed by atoms with van der Waals surface area (Å²) in [5, 5.41) is 0.182. The maximum absolute atomic E-state index is 12.6. The van der Waals surface area contributed by atoms with Crippen LogP contribution in [0.25, 0.3) is 0 Å². The van der Waals surface area contributed by atoms with E-state index in [1.165, 1.54) is 17.4 Å². The molecule has 4 nitrogen and oxygen atoms in total. The number of nitrogen functional groups attached to an aromatic ring is 1. The molecule has 0 unspecified atom stereocenters. The van der Waals surface area contributed by atoms with Gasteiger partial charge in [-0.05, 0) is 30.2 Å². The quantitative estimate of drug-likeness (QED) is 0.879. The molecule has 6 heteroatoms. The molecule has 21 heavy (non-hydrogen) atoms. The molecule has 0 aliphatic rings. The molecule has 2 rings (SSSR count). The molecule has 0 fully saturated rings. The highest BCUT2D eigenvalue weighted by Gasteiger charge is 2.24. The van der Waals surface area contributed by atoms with Crippen molar-refractivity contribution in [2.24, 2.45) is 0 Å². The average molecular weight is 325 g/mol. The highest BCUT2D eigenvalue weighted by atomic mass is 35.5. The molecule has 0 aromatic heterocycles. The summed E-state index contributed by atoms with van der Waals surface area (Å²) in [6, 6.07) is 12.3. The minimum atomic E-state index is -3.69. The van der Waals surface area contributed by atoms with Crippen LogP contribution in [0.5, 0.6) is 0 Å². The van der Waals surface area contributed by atoms with Crippen LogP contribution in [-0.4, -0.2) is 19.8 Å². The molecular weight excluding hydrogens is 308 g/mol. The summed E-state index contributed by atoms with van der Waals surface area (Å²) in [6.07, 6.45) is 0. The zero-order chi connectivity index (χ0) is 15.6. The van der Waals surface area contributed by atoms with Crippen molar-refractivity contribution in [1.29, 1.82) is 0 Å². The van der Waals surface area contributed by atoms with E-state index in [1.54, 1.807) is 13.0 Å². The molecule has 0 bridgehead atoms. The lowest BCUT2D eigenvalue weighted by molar-refractivity contribution is 0.467. The first kappa shape index (κ1) is 15.8. The minimum absolute atomic E-state index is 0.0331. The third-order valence-electron chi connectivity index (χ3n) is 3.26. The van der Waals surface area contributed by atoms with E-state index in [1.807, 2.05) is 30.3 Å². The van der Waals surface area contributed by atoms with E-state index in [9.17, 15) is 8.42 Å². The van der Waals surface area contributed by atoms with Crippen molar-refractivity contribution in [3.8, 4) is 0 Å². The maximum atomic E-state index is 12.6. The normalized spacial score (nSPS) is 11.8. The van der Waals surface area contributed by atoms with Crippen LogP contribution in [0, 0.1) is 6.92 Å². The van der Waals surface area contributed by atoms with Crippen LogP contribution in [0.3, 0.4) is 0 Å². The SMILES string of the molecule is Cc1cc(Cl)c(S(=O)(=O)N(C)Cc2ccccc2)cc1N. The van der Waals surface area contributed by atoms with Gasteiger partial charge in [0, 0.05) is 19.3 Å². The topological polar surface area (TPSA) is 63.4 Å². The van der Waals surface area contributed by atoms with Crippen LogP contribution in [0.2, 0.25) is 5.02 Å². The number of aryl methyl sites for hydroxylation is 1. The number of halogens is 1. The second-order valence-corrected chi connectivity index (χ2v) is 7.31. The maximum Gasteiger partial charge on any atom is 0.244 e. The van der Waals surface area contributed by atoms with E-state index in [-0.39, 0.29) is 16.5 Å². The molecule has 2 aromatic carbocycles. The molecule has 0 saturated carbocycles. The Morgan fingerprint density at radius 1 is 1.19 bits per heavy atom. The van der Waals surface area contributed by atoms with E-state index in [4.69, 9.17) is 17.3 Å². The molecule has 0 aliphatic heterocycles. The molecule has 0 atom stereocenters. The van der Waals surface area contributed by atoms with Gasteiger partial charge in [-0.15, -0.1) is 0 Å². The molecule has 0 aliphatic carbocycles. The van der Waals surface area contributed by atoms with Crippen molar-refractivity contribution >= 4 is 27.3 Å². The first-order valence-corrected chi connectivity index (χ1v) is 8.20. The van der Waals surface area contributed by atoms with E-state index in [0.717, 1.165) is 11.1 Å². The van der Waals surface area contributed by atoms with Crippen LogP contribution in [0.15, 0.2) is 47.4 Å². The fourth-order valence-electron chi connectivity index (χ4n) is 1.96. The van der Waals surface area contributed by atoms with Gasteiger partial charge in [-0.1, -0.05) is 41.9 Å². The van der Waals surface area contributed by atoms with Crippen LogP contribution >= 0.6 is 11.6 Å². The summed E-state index contributed by atoms with van der Waals surface area (Å²) in [5.41, 5.74) is 7.86. The standard InChI is InChI=1S/C15H17ClN2O2S/c1-11-8-13(16)15(9-14(11)17)21(19,20)18(2)10-12-6-4-3-5-7-12/h3-9H,10,17H2,1-2H3. The van der Waals surface area contributed by atoms with E-state index in [2.05, 4.69) is 0 Å². The first-order valence-electron chi connectivity index (χ1n) is 6.38. The van der Waals surface area contributed by atoms with E-state index < -0.39 is 10.0 Å². The highest BCUT2D eigenvalue weighted by Crippen LogP contribution is 2.29. The van der Waals surface area contributed by atoms with Gasteiger partial charge in [0.1, 0.15) is 4.90 Å². The lowest BCUT2D eigenvalue weighted by Crippen LogP contribution is -2.27. The van der Waals surface area contributed by atoms with Gasteiger partial charge in [0.25, 0.3) is 0 Å². The predicted octanol–water partition coefficient (Wildman–Crippen LogP) is 3.05. The summed E-state index contributed by atoms with van der Waals surface area (Å²) in [5.74, 6) is 0. The van der Waals surface area contributed by atoms with Crippen molar-refractivity contribution in [3.63, 3.8) is 0 Å². The van der Waals surface area contributed by atoms with Gasteiger partial charge in [0.2, 0.25) is 10.0 Å². The Labute approximate surface area is 130 Å². The molecule has 2 N–H and O–H groups in total. The molecule has 112 valence electrons. The summed E-state index contributed by atoms with van der Waals surface area (Å²) in [7, 11) is -2.16. The lowest BCUT2D eigenvalue weighted by Gasteiger charge is -2.19. The van der Waals surface area contributed by atoms with Crippen molar-refractivity contribution in [2.45, 2.75) is 18.4 Å². The fourth-order valence-corrected chi connectivity index (χ4v) is 3.71.